The largest absolute Gasteiger partial charge is 0.376 e. The lowest BCUT2D eigenvalue weighted by atomic mass is 10.0. The van der Waals surface area contributed by atoms with Crippen LogP contribution in [0.15, 0.2) is 24.3 Å². The molecule has 1 aliphatic heterocycles. The lowest BCUT2D eigenvalue weighted by molar-refractivity contribution is 0.0136. The molecule has 1 aromatic rings. The summed E-state index contributed by atoms with van der Waals surface area (Å²) in [5.74, 6) is 0. The van der Waals surface area contributed by atoms with Gasteiger partial charge < -0.3 is 10.1 Å². The van der Waals surface area contributed by atoms with Gasteiger partial charge in [0.1, 0.15) is 0 Å². The molecule has 2 nitrogen and oxygen atoms in total. The van der Waals surface area contributed by atoms with E-state index in [-0.39, 0.29) is 0 Å². The zero-order valence-electron chi connectivity index (χ0n) is 9.58. The summed E-state index contributed by atoms with van der Waals surface area (Å²) in [4.78, 5) is 0. The van der Waals surface area contributed by atoms with Crippen molar-refractivity contribution in [1.82, 2.24) is 5.32 Å². The fraction of sp³-hybridized carbons (Fsp3) is 0.538. The van der Waals surface area contributed by atoms with Gasteiger partial charge in [-0.15, -0.1) is 0 Å². The summed E-state index contributed by atoms with van der Waals surface area (Å²) in [7, 11) is 0. The van der Waals surface area contributed by atoms with Crippen molar-refractivity contribution in [3.63, 3.8) is 0 Å². The third-order valence-corrected chi connectivity index (χ3v) is 3.22. The predicted octanol–water partition coefficient (Wildman–Crippen LogP) is 2.65. The molecular formula is C13H18ClNO. The SMILES string of the molecule is C[C@H]1CN[C@@H](CCc2ccc(Cl)cc2)CO1. The van der Waals surface area contributed by atoms with E-state index in [1.165, 1.54) is 5.56 Å². The summed E-state index contributed by atoms with van der Waals surface area (Å²) in [5, 5.41) is 4.30. The smallest absolute Gasteiger partial charge is 0.0672 e. The quantitative estimate of drug-likeness (QED) is 0.876. The predicted molar refractivity (Wildman–Crippen MR) is 67.0 cm³/mol. The van der Waals surface area contributed by atoms with Crippen LogP contribution in [0.4, 0.5) is 0 Å². The molecule has 3 heteroatoms. The molecule has 2 atom stereocenters. The van der Waals surface area contributed by atoms with Gasteiger partial charge in [0.2, 0.25) is 0 Å². The Morgan fingerprint density at radius 3 is 2.75 bits per heavy atom. The summed E-state index contributed by atoms with van der Waals surface area (Å²) in [6.45, 7) is 3.89. The average molecular weight is 240 g/mol. The molecule has 0 amide bonds. The van der Waals surface area contributed by atoms with Gasteiger partial charge in [0.25, 0.3) is 0 Å². The van der Waals surface area contributed by atoms with Crippen LogP contribution < -0.4 is 5.32 Å². The molecule has 0 radical (unpaired) electrons. The normalized spacial score (nSPS) is 25.6. The van der Waals surface area contributed by atoms with E-state index in [1.807, 2.05) is 12.1 Å². The Bertz CT molecular complexity index is 317. The Labute approximate surface area is 102 Å². The molecule has 1 aliphatic rings. The number of rotatable bonds is 3. The molecule has 1 fully saturated rings. The summed E-state index contributed by atoms with van der Waals surface area (Å²) < 4.78 is 5.61. The first kappa shape index (κ1) is 11.9. The van der Waals surface area contributed by atoms with Crippen LogP contribution in [0.1, 0.15) is 18.9 Å². The highest BCUT2D eigenvalue weighted by Gasteiger charge is 2.17. The van der Waals surface area contributed by atoms with Crippen LogP contribution in [0, 0.1) is 0 Å². The van der Waals surface area contributed by atoms with E-state index in [1.54, 1.807) is 0 Å². The number of hydrogen-bond acceptors (Lipinski definition) is 2. The van der Waals surface area contributed by atoms with Gasteiger partial charge in [-0.25, -0.2) is 0 Å². The monoisotopic (exact) mass is 239 g/mol. The Morgan fingerprint density at radius 2 is 2.12 bits per heavy atom. The van der Waals surface area contributed by atoms with Gasteiger partial charge in [-0.05, 0) is 37.5 Å². The maximum absolute atomic E-state index is 5.84. The second-order valence-electron chi connectivity index (χ2n) is 4.41. The van der Waals surface area contributed by atoms with Gasteiger partial charge in [-0.2, -0.15) is 0 Å². The topological polar surface area (TPSA) is 21.3 Å². The molecule has 0 aromatic heterocycles. The molecule has 88 valence electrons. The van der Waals surface area contributed by atoms with Gasteiger partial charge in [0.15, 0.2) is 0 Å². The number of aryl methyl sites for hydroxylation is 1. The van der Waals surface area contributed by atoms with Crippen molar-refractivity contribution in [3.8, 4) is 0 Å². The zero-order chi connectivity index (χ0) is 11.4. The highest BCUT2D eigenvalue weighted by atomic mass is 35.5. The second kappa shape index (κ2) is 5.67. The fourth-order valence-electron chi connectivity index (χ4n) is 1.91. The van der Waals surface area contributed by atoms with Crippen LogP contribution in [0.3, 0.4) is 0 Å². The average Bonchev–Trinajstić information content (AvgIpc) is 2.30. The van der Waals surface area contributed by atoms with E-state index in [4.69, 9.17) is 16.3 Å². The van der Waals surface area contributed by atoms with Crippen LogP contribution in [-0.4, -0.2) is 25.3 Å². The summed E-state index contributed by atoms with van der Waals surface area (Å²) in [6.07, 6.45) is 2.55. The van der Waals surface area contributed by atoms with E-state index in [0.717, 1.165) is 31.0 Å². The first-order chi connectivity index (χ1) is 7.74. The molecule has 1 heterocycles. The molecule has 1 N–H and O–H groups in total. The van der Waals surface area contributed by atoms with Crippen molar-refractivity contribution in [2.45, 2.75) is 31.9 Å². The highest BCUT2D eigenvalue weighted by molar-refractivity contribution is 6.30. The number of morpholine rings is 1. The lowest BCUT2D eigenvalue weighted by Crippen LogP contribution is -2.45. The minimum absolute atomic E-state index is 0.354. The van der Waals surface area contributed by atoms with Gasteiger partial charge in [0, 0.05) is 17.6 Å². The molecular weight excluding hydrogens is 222 g/mol. The summed E-state index contributed by atoms with van der Waals surface area (Å²) in [5.41, 5.74) is 1.34. The standard InChI is InChI=1S/C13H18ClNO/c1-10-8-15-13(9-16-10)7-4-11-2-5-12(14)6-3-11/h2-3,5-6,10,13,15H,4,7-9H2,1H3/t10-,13-/m0/s1. The fourth-order valence-corrected chi connectivity index (χ4v) is 2.03. The molecule has 0 unspecified atom stereocenters. The first-order valence-electron chi connectivity index (χ1n) is 5.83. The van der Waals surface area contributed by atoms with E-state index in [0.29, 0.717) is 12.1 Å². The molecule has 0 saturated carbocycles. The van der Waals surface area contributed by atoms with Crippen molar-refractivity contribution in [1.29, 1.82) is 0 Å². The van der Waals surface area contributed by atoms with Gasteiger partial charge in [-0.3, -0.25) is 0 Å². The first-order valence-corrected chi connectivity index (χ1v) is 6.21. The Hall–Kier alpha value is -0.570. The molecule has 16 heavy (non-hydrogen) atoms. The number of nitrogens with one attached hydrogen (secondary N) is 1. The molecule has 0 spiro atoms. The summed E-state index contributed by atoms with van der Waals surface area (Å²) in [6, 6.07) is 8.57. The van der Waals surface area contributed by atoms with E-state index >= 15 is 0 Å². The second-order valence-corrected chi connectivity index (χ2v) is 4.85. The molecule has 1 saturated heterocycles. The van der Waals surface area contributed by atoms with Crippen molar-refractivity contribution in [3.05, 3.63) is 34.9 Å². The number of benzene rings is 1. The van der Waals surface area contributed by atoms with Crippen molar-refractivity contribution < 1.29 is 4.74 Å². The summed E-state index contributed by atoms with van der Waals surface area (Å²) >= 11 is 5.84. The van der Waals surface area contributed by atoms with Crippen molar-refractivity contribution in [2.24, 2.45) is 0 Å². The molecule has 2 rings (SSSR count). The van der Waals surface area contributed by atoms with Gasteiger partial charge in [0.05, 0.1) is 12.7 Å². The Kier molecular flexibility index (Phi) is 4.22. The lowest BCUT2D eigenvalue weighted by Gasteiger charge is -2.28. The maximum atomic E-state index is 5.84. The molecule has 0 bridgehead atoms. The zero-order valence-corrected chi connectivity index (χ0v) is 10.3. The number of ether oxygens (including phenoxy) is 1. The Morgan fingerprint density at radius 1 is 1.38 bits per heavy atom. The van der Waals surface area contributed by atoms with E-state index in [2.05, 4.69) is 24.4 Å². The number of halogens is 1. The minimum atomic E-state index is 0.354. The van der Waals surface area contributed by atoms with Crippen molar-refractivity contribution >= 4 is 11.6 Å². The van der Waals surface area contributed by atoms with Crippen LogP contribution >= 0.6 is 11.6 Å². The third-order valence-electron chi connectivity index (χ3n) is 2.97. The van der Waals surface area contributed by atoms with Crippen LogP contribution in [-0.2, 0) is 11.2 Å². The van der Waals surface area contributed by atoms with Crippen LogP contribution in [0.5, 0.6) is 0 Å². The molecule has 0 aliphatic carbocycles. The van der Waals surface area contributed by atoms with Crippen LogP contribution in [0.2, 0.25) is 5.02 Å². The van der Waals surface area contributed by atoms with Gasteiger partial charge >= 0.3 is 0 Å². The minimum Gasteiger partial charge on any atom is -0.376 e. The van der Waals surface area contributed by atoms with E-state index in [9.17, 15) is 0 Å². The maximum Gasteiger partial charge on any atom is 0.0672 e. The van der Waals surface area contributed by atoms with Gasteiger partial charge in [-0.1, -0.05) is 23.7 Å². The van der Waals surface area contributed by atoms with E-state index < -0.39 is 0 Å². The number of hydrogen-bond donors (Lipinski definition) is 1. The van der Waals surface area contributed by atoms with Crippen molar-refractivity contribution in [2.75, 3.05) is 13.2 Å². The third kappa shape index (κ3) is 3.48. The Balaban J connectivity index is 1.77. The van der Waals surface area contributed by atoms with Crippen LogP contribution in [0.25, 0.3) is 0 Å². The molecule has 1 aromatic carbocycles. The highest BCUT2D eigenvalue weighted by Crippen LogP contribution is 2.13.